The number of fused-ring (bicyclic) bond motifs is 5. The van der Waals surface area contributed by atoms with Crippen molar-refractivity contribution in [1.29, 1.82) is 0 Å². The zero-order valence-corrected chi connectivity index (χ0v) is 28.2. The van der Waals surface area contributed by atoms with Gasteiger partial charge in [0.2, 0.25) is 11.6 Å². The Morgan fingerprint density at radius 2 is 1.73 bits per heavy atom. The summed E-state index contributed by atoms with van der Waals surface area (Å²) in [6.45, 7) is 4.28. The first-order valence-electron chi connectivity index (χ1n) is 15.9. The van der Waals surface area contributed by atoms with E-state index in [0.717, 1.165) is 20.1 Å². The lowest BCUT2D eigenvalue weighted by Crippen LogP contribution is -2.65. The van der Waals surface area contributed by atoms with Crippen LogP contribution in [0.2, 0.25) is 0 Å². The fourth-order valence-electron chi connectivity index (χ4n) is 8.14. The van der Waals surface area contributed by atoms with Gasteiger partial charge >= 0.3 is 11.7 Å². The second-order valence-corrected chi connectivity index (χ2v) is 13.3. The second kappa shape index (κ2) is 11.6. The maximum absolute atomic E-state index is 14.7. The zero-order valence-electron chi connectivity index (χ0n) is 28.2. The molecule has 2 aromatic carbocycles. The van der Waals surface area contributed by atoms with Gasteiger partial charge in [0, 0.05) is 37.3 Å². The van der Waals surface area contributed by atoms with Crippen LogP contribution in [0.4, 0.5) is 0 Å². The Balaban J connectivity index is 1.43. The summed E-state index contributed by atoms with van der Waals surface area (Å²) in [5.74, 6) is -6.00. The van der Waals surface area contributed by atoms with Crippen molar-refractivity contribution < 1.29 is 63.0 Å². The first-order chi connectivity index (χ1) is 24.1. The van der Waals surface area contributed by atoms with Crippen molar-refractivity contribution in [3.05, 3.63) is 73.0 Å². The molecule has 7 rings (SSSR count). The van der Waals surface area contributed by atoms with Crippen LogP contribution >= 0.6 is 0 Å². The Morgan fingerprint density at radius 1 is 1.04 bits per heavy atom. The van der Waals surface area contributed by atoms with E-state index in [9.17, 15) is 44.4 Å². The maximum atomic E-state index is 14.7. The van der Waals surface area contributed by atoms with E-state index in [0.29, 0.717) is 0 Å². The van der Waals surface area contributed by atoms with E-state index in [1.54, 1.807) is 6.92 Å². The zero-order chi connectivity index (χ0) is 37.1. The minimum absolute atomic E-state index is 0.0862. The number of methoxy groups -OCH3 is 3. The third-order valence-electron chi connectivity index (χ3n) is 10.8. The van der Waals surface area contributed by atoms with Crippen molar-refractivity contribution in [2.45, 2.75) is 69.5 Å². The first-order valence-corrected chi connectivity index (χ1v) is 15.9. The van der Waals surface area contributed by atoms with E-state index in [1.807, 2.05) is 0 Å². The average Bonchev–Trinajstić information content (AvgIpc) is 3.07. The third-order valence-corrected chi connectivity index (χ3v) is 10.8. The highest BCUT2D eigenvalue weighted by Gasteiger charge is 2.69. The van der Waals surface area contributed by atoms with Crippen molar-refractivity contribution in [2.75, 3.05) is 21.3 Å². The van der Waals surface area contributed by atoms with Gasteiger partial charge in [0.25, 0.3) is 0 Å². The number of phenols is 1. The molecule has 1 aromatic heterocycles. The number of carbonyl (C=O) groups is 4. The van der Waals surface area contributed by atoms with Crippen LogP contribution < -0.4 is 11.1 Å². The Morgan fingerprint density at radius 3 is 2.37 bits per heavy atom. The number of hydrogen-bond donors (Lipinski definition) is 5. The number of carbonyl (C=O) groups excluding carboxylic acids is 4. The van der Waals surface area contributed by atoms with Gasteiger partial charge < -0.3 is 49.1 Å². The number of ether oxygens (including phenoxy) is 4. The number of aliphatic hydroxyl groups excluding tert-OH is 2. The molecule has 1 aliphatic heterocycles. The lowest BCUT2D eigenvalue weighted by molar-refractivity contribution is -0.236. The number of aryl methyl sites for hydroxylation is 1. The molecule has 3 aromatic rings. The summed E-state index contributed by atoms with van der Waals surface area (Å²) >= 11 is 0. The van der Waals surface area contributed by atoms with Crippen LogP contribution in [0.5, 0.6) is 5.75 Å². The second-order valence-electron chi connectivity index (χ2n) is 13.3. The van der Waals surface area contributed by atoms with Crippen LogP contribution in [-0.4, -0.2) is 107 Å². The molecule has 5 N–H and O–H groups in total. The van der Waals surface area contributed by atoms with E-state index in [1.165, 1.54) is 33.3 Å². The number of hydrogen-bond acceptors (Lipinski definition) is 16. The topological polar surface area (TPSA) is 241 Å². The molecule has 0 amide bonds. The summed E-state index contributed by atoms with van der Waals surface area (Å²) in [6, 6.07) is 2.45. The molecular formula is C35H34N2O14. The van der Waals surface area contributed by atoms with Crippen molar-refractivity contribution in [1.82, 2.24) is 10.3 Å². The number of nitrogens with zero attached hydrogens (tertiary/aromatic N) is 1. The number of benzene rings is 2. The summed E-state index contributed by atoms with van der Waals surface area (Å²) in [7, 11) is 3.80. The molecule has 8 atom stereocenters. The van der Waals surface area contributed by atoms with E-state index in [2.05, 4.69) is 10.3 Å². The molecule has 0 spiro atoms. The largest absolute Gasteiger partial charge is 0.507 e. The Kier molecular flexibility index (Phi) is 7.87. The molecule has 3 aliphatic carbocycles. The normalized spacial score (nSPS) is 31.1. The lowest BCUT2D eigenvalue weighted by Gasteiger charge is -2.52. The number of aromatic hydroxyl groups is 1. The Bertz CT molecular complexity index is 2190. The molecular weight excluding hydrogens is 672 g/mol. The van der Waals surface area contributed by atoms with E-state index < -0.39 is 105 Å². The smallest absolute Gasteiger partial charge is 0.439 e. The number of rotatable bonds is 5. The predicted molar refractivity (Wildman–Crippen MR) is 172 cm³/mol. The molecule has 0 unspecified atom stereocenters. The standard InChI is InChI=1S/C35H34N2O14/c1-11-7-13-8-18(38)34(3)30(43)21-15(29(42)35(34,46)22(13)24(40)19(11)32(44)49-6)9-14-20-16(37-33(45)51-27(20)21)10-17(23(14)39)36-31-28(48-5)25(41)26(47-4)12(2)50-31/h7,9-10,12,18,25-26,28,31,36,38,40-41,46H,8H2,1-6H3/t12-,18+,25+,26-,28+,31-,34-,35-/m0/s1. The molecule has 16 nitrogen and oxygen atoms in total. The van der Waals surface area contributed by atoms with Crippen LogP contribution in [-0.2, 0) is 31.0 Å². The van der Waals surface area contributed by atoms with Gasteiger partial charge in [0.15, 0.2) is 23.2 Å². The average molecular weight is 707 g/mol. The van der Waals surface area contributed by atoms with Gasteiger partial charge in [0.05, 0.1) is 47.1 Å². The van der Waals surface area contributed by atoms with Crippen LogP contribution in [0.1, 0.15) is 77.7 Å². The SMILES string of the molecule is COC(=O)c1c(C)cc2c(c1O)[C@]1(O)C(=O)c3cc4c5c(nc(=O)oc5c3C(=O)[C@]1(C)[C@H](O)C2)C=C(N[C@H]1O[C@@H](C)[C@H](OC)[C@@H](O)[C@H]1OC)C4=O. The number of esters is 1. The third kappa shape index (κ3) is 4.41. The van der Waals surface area contributed by atoms with Crippen molar-refractivity contribution in [3.63, 3.8) is 0 Å². The van der Waals surface area contributed by atoms with E-state index in [-0.39, 0.29) is 45.5 Å². The van der Waals surface area contributed by atoms with E-state index in [4.69, 9.17) is 23.4 Å². The summed E-state index contributed by atoms with van der Waals surface area (Å²) in [4.78, 5) is 73.1. The molecule has 1 saturated heterocycles. The number of ketones is 3. The highest BCUT2D eigenvalue weighted by molar-refractivity contribution is 6.30. The number of phenolic OH excluding ortho intramolecular Hbond substituents is 1. The molecule has 1 fully saturated rings. The fourth-order valence-corrected chi connectivity index (χ4v) is 8.14. The highest BCUT2D eigenvalue weighted by Crippen LogP contribution is 2.59. The molecule has 16 heteroatoms. The molecule has 2 heterocycles. The van der Waals surface area contributed by atoms with Crippen LogP contribution in [0, 0.1) is 12.3 Å². The van der Waals surface area contributed by atoms with Crippen LogP contribution in [0.15, 0.2) is 27.0 Å². The van der Waals surface area contributed by atoms with Gasteiger partial charge in [0.1, 0.15) is 29.6 Å². The number of aliphatic hydroxyl groups is 3. The van der Waals surface area contributed by atoms with Crippen LogP contribution in [0.3, 0.4) is 0 Å². The minimum Gasteiger partial charge on any atom is -0.507 e. The van der Waals surface area contributed by atoms with E-state index >= 15 is 0 Å². The number of nitrogens with one attached hydrogen (secondary N) is 1. The molecule has 0 radical (unpaired) electrons. The summed E-state index contributed by atoms with van der Waals surface area (Å²) in [5.41, 5.74) is -7.94. The lowest BCUT2D eigenvalue weighted by atomic mass is 9.51. The molecule has 268 valence electrons. The van der Waals surface area contributed by atoms with Crippen molar-refractivity contribution in [2.24, 2.45) is 5.41 Å². The Labute approximate surface area is 288 Å². The van der Waals surface area contributed by atoms with Crippen LogP contribution in [0.25, 0.3) is 17.0 Å². The predicted octanol–water partition coefficient (Wildman–Crippen LogP) is 0.441. The van der Waals surface area contributed by atoms with Crippen molar-refractivity contribution in [3.8, 4) is 5.75 Å². The molecule has 51 heavy (non-hydrogen) atoms. The molecule has 4 aliphatic rings. The first kappa shape index (κ1) is 34.6. The Hall–Kier alpha value is -4.84. The number of allylic oxidation sites excluding steroid dienone is 1. The molecule has 0 saturated carbocycles. The number of aromatic nitrogens is 1. The quantitative estimate of drug-likeness (QED) is 0.226. The fraction of sp³-hybridized carbons (Fsp3) is 0.429. The monoisotopic (exact) mass is 706 g/mol. The van der Waals surface area contributed by atoms with Gasteiger partial charge in [-0.05, 0) is 44.0 Å². The van der Waals surface area contributed by atoms with Gasteiger partial charge in [-0.2, -0.15) is 4.98 Å². The maximum Gasteiger partial charge on any atom is 0.439 e. The summed E-state index contributed by atoms with van der Waals surface area (Å²) in [5, 5.41) is 49.2. The van der Waals surface area contributed by atoms with Gasteiger partial charge in [-0.15, -0.1) is 0 Å². The highest BCUT2D eigenvalue weighted by atomic mass is 16.6. The van der Waals surface area contributed by atoms with Gasteiger partial charge in [-0.25, -0.2) is 9.59 Å². The molecule has 0 bridgehead atoms. The summed E-state index contributed by atoms with van der Waals surface area (Å²) in [6.07, 6.45) is -5.54. The minimum atomic E-state index is -2.98. The summed E-state index contributed by atoms with van der Waals surface area (Å²) < 4.78 is 27.0. The number of Topliss-reactive ketones (excluding diaryl/α,β-unsaturated/α-hetero) is 3. The van der Waals surface area contributed by atoms with Crippen molar-refractivity contribution >= 4 is 40.4 Å². The van der Waals surface area contributed by atoms with Gasteiger partial charge in [-0.1, -0.05) is 6.07 Å². The van der Waals surface area contributed by atoms with Gasteiger partial charge in [-0.3, -0.25) is 14.4 Å².